The maximum Gasteiger partial charge on any atom is 0.123 e. The number of aliphatic hydroxyl groups is 1. The molecule has 21 heavy (non-hydrogen) atoms. The number of benzene rings is 2. The van der Waals surface area contributed by atoms with Crippen LogP contribution in [-0.4, -0.2) is 17.7 Å². The van der Waals surface area contributed by atoms with Crippen molar-refractivity contribution >= 4 is 0 Å². The summed E-state index contributed by atoms with van der Waals surface area (Å²) in [5.41, 5.74) is 2.06. The van der Waals surface area contributed by atoms with E-state index in [-0.39, 0.29) is 5.82 Å². The first kappa shape index (κ1) is 15.7. The minimum atomic E-state index is -0.607. The predicted molar refractivity (Wildman–Crippen MR) is 83.6 cm³/mol. The Hall–Kier alpha value is -1.71. The molecule has 0 fully saturated rings. The molecule has 2 aromatic carbocycles. The Morgan fingerprint density at radius 1 is 1.05 bits per heavy atom. The minimum absolute atomic E-state index is 0.282. The van der Waals surface area contributed by atoms with Crippen molar-refractivity contribution in [3.05, 3.63) is 71.5 Å². The molecule has 0 spiro atoms. The average molecular weight is 287 g/mol. The van der Waals surface area contributed by atoms with Gasteiger partial charge in [0.15, 0.2) is 0 Å². The van der Waals surface area contributed by atoms with Gasteiger partial charge in [-0.25, -0.2) is 4.39 Å². The van der Waals surface area contributed by atoms with E-state index in [1.807, 2.05) is 18.2 Å². The Bertz CT molecular complexity index is 527. The van der Waals surface area contributed by atoms with Gasteiger partial charge < -0.3 is 10.4 Å². The number of rotatable bonds is 7. The monoisotopic (exact) mass is 287 g/mol. The van der Waals surface area contributed by atoms with Crippen molar-refractivity contribution in [1.29, 1.82) is 0 Å². The Morgan fingerprint density at radius 2 is 1.71 bits per heavy atom. The van der Waals surface area contributed by atoms with Gasteiger partial charge in [-0.2, -0.15) is 0 Å². The van der Waals surface area contributed by atoms with E-state index in [0.717, 1.165) is 18.4 Å². The summed E-state index contributed by atoms with van der Waals surface area (Å²) in [6.45, 7) is 2.59. The summed E-state index contributed by atoms with van der Waals surface area (Å²) in [5, 5.41) is 13.4. The first-order valence-electron chi connectivity index (χ1n) is 7.36. The molecule has 0 bridgehead atoms. The second-order valence-corrected chi connectivity index (χ2v) is 5.40. The first-order valence-corrected chi connectivity index (χ1v) is 7.36. The van der Waals surface area contributed by atoms with Crippen molar-refractivity contribution in [3.63, 3.8) is 0 Å². The highest BCUT2D eigenvalue weighted by Gasteiger charge is 2.09. The summed E-state index contributed by atoms with van der Waals surface area (Å²) in [7, 11) is 0. The van der Waals surface area contributed by atoms with Crippen LogP contribution >= 0.6 is 0 Å². The molecule has 0 aromatic heterocycles. The molecule has 2 atom stereocenters. The second kappa shape index (κ2) is 7.91. The van der Waals surface area contributed by atoms with E-state index in [9.17, 15) is 9.50 Å². The Kier molecular flexibility index (Phi) is 5.90. The third-order valence-electron chi connectivity index (χ3n) is 3.62. The molecule has 3 heteroatoms. The minimum Gasteiger partial charge on any atom is -0.387 e. The van der Waals surface area contributed by atoms with E-state index >= 15 is 0 Å². The predicted octanol–water partition coefficient (Wildman–Crippen LogP) is 3.47. The maximum absolute atomic E-state index is 12.8. The van der Waals surface area contributed by atoms with Gasteiger partial charge in [0, 0.05) is 12.6 Å². The van der Waals surface area contributed by atoms with Crippen LogP contribution in [0.25, 0.3) is 0 Å². The van der Waals surface area contributed by atoms with Gasteiger partial charge in [0.2, 0.25) is 0 Å². The molecular weight excluding hydrogens is 265 g/mol. The molecule has 0 saturated carbocycles. The largest absolute Gasteiger partial charge is 0.387 e. The van der Waals surface area contributed by atoms with Gasteiger partial charge in [0.25, 0.3) is 0 Å². The second-order valence-electron chi connectivity index (χ2n) is 5.40. The highest BCUT2D eigenvalue weighted by molar-refractivity contribution is 5.18. The molecule has 2 nitrogen and oxygen atoms in total. The molecule has 2 unspecified atom stereocenters. The third-order valence-corrected chi connectivity index (χ3v) is 3.62. The summed E-state index contributed by atoms with van der Waals surface area (Å²) in [4.78, 5) is 0. The van der Waals surface area contributed by atoms with Crippen LogP contribution in [0.2, 0.25) is 0 Å². The summed E-state index contributed by atoms with van der Waals surface area (Å²) in [6, 6.07) is 16.7. The molecule has 0 radical (unpaired) electrons. The number of nitrogens with one attached hydrogen (secondary N) is 1. The molecule has 0 aliphatic heterocycles. The number of aliphatic hydroxyl groups excluding tert-OH is 1. The lowest BCUT2D eigenvalue weighted by molar-refractivity contribution is 0.170. The highest BCUT2D eigenvalue weighted by atomic mass is 19.1. The van der Waals surface area contributed by atoms with Gasteiger partial charge in [0.1, 0.15) is 5.82 Å². The van der Waals surface area contributed by atoms with Crippen molar-refractivity contribution in [2.45, 2.75) is 31.9 Å². The highest BCUT2D eigenvalue weighted by Crippen LogP contribution is 2.13. The summed E-state index contributed by atoms with van der Waals surface area (Å²) < 4.78 is 12.8. The van der Waals surface area contributed by atoms with Crippen molar-refractivity contribution in [1.82, 2.24) is 5.32 Å². The molecular formula is C18H22FNO. The summed E-state index contributed by atoms with van der Waals surface area (Å²) in [6.07, 6.45) is 1.42. The summed E-state index contributed by atoms with van der Waals surface area (Å²) in [5.74, 6) is -0.282. The SMILES string of the molecule is CC(CCc1ccccc1)NCC(O)c1ccc(F)cc1. The Balaban J connectivity index is 1.73. The molecule has 0 saturated heterocycles. The lowest BCUT2D eigenvalue weighted by Gasteiger charge is -2.17. The maximum atomic E-state index is 12.8. The van der Waals surface area contributed by atoms with Crippen LogP contribution in [0.15, 0.2) is 54.6 Å². The standard InChI is InChI=1S/C18H22FNO/c1-14(7-8-15-5-3-2-4-6-15)20-13-18(21)16-9-11-17(19)12-10-16/h2-6,9-12,14,18,20-21H,7-8,13H2,1H3. The molecule has 0 amide bonds. The van der Waals surface area contributed by atoms with Crippen LogP contribution in [-0.2, 0) is 6.42 Å². The zero-order chi connectivity index (χ0) is 15.1. The zero-order valence-electron chi connectivity index (χ0n) is 12.3. The van der Waals surface area contributed by atoms with Gasteiger partial charge in [-0.05, 0) is 43.0 Å². The van der Waals surface area contributed by atoms with Gasteiger partial charge in [-0.15, -0.1) is 0 Å². The third kappa shape index (κ3) is 5.29. The topological polar surface area (TPSA) is 32.3 Å². The van der Waals surface area contributed by atoms with Gasteiger partial charge in [-0.3, -0.25) is 0 Å². The average Bonchev–Trinajstić information content (AvgIpc) is 2.52. The summed E-state index contributed by atoms with van der Waals surface area (Å²) >= 11 is 0. The van der Waals surface area contributed by atoms with Crippen LogP contribution in [0.5, 0.6) is 0 Å². The smallest absolute Gasteiger partial charge is 0.123 e. The van der Waals surface area contributed by atoms with E-state index in [2.05, 4.69) is 24.4 Å². The molecule has 0 aliphatic rings. The van der Waals surface area contributed by atoms with Gasteiger partial charge in [0.05, 0.1) is 6.10 Å². The van der Waals surface area contributed by atoms with Crippen LogP contribution in [0.3, 0.4) is 0 Å². The molecule has 2 rings (SSSR count). The molecule has 0 heterocycles. The van der Waals surface area contributed by atoms with E-state index in [4.69, 9.17) is 0 Å². The van der Waals surface area contributed by atoms with E-state index in [1.54, 1.807) is 12.1 Å². The number of halogens is 1. The van der Waals surface area contributed by atoms with Crippen molar-refractivity contribution in [2.24, 2.45) is 0 Å². The molecule has 112 valence electrons. The van der Waals surface area contributed by atoms with Crippen LogP contribution in [0.4, 0.5) is 4.39 Å². The van der Waals surface area contributed by atoms with Crippen molar-refractivity contribution in [2.75, 3.05) is 6.54 Å². The van der Waals surface area contributed by atoms with E-state index < -0.39 is 6.10 Å². The molecule has 2 N–H and O–H groups in total. The zero-order valence-corrected chi connectivity index (χ0v) is 12.3. The van der Waals surface area contributed by atoms with Crippen molar-refractivity contribution < 1.29 is 9.50 Å². The van der Waals surface area contributed by atoms with Crippen molar-refractivity contribution in [3.8, 4) is 0 Å². The molecule has 0 aliphatic carbocycles. The number of aryl methyl sites for hydroxylation is 1. The van der Waals surface area contributed by atoms with Gasteiger partial charge >= 0.3 is 0 Å². The van der Waals surface area contributed by atoms with E-state index in [0.29, 0.717) is 12.6 Å². The molecule has 2 aromatic rings. The normalized spacial score (nSPS) is 13.9. The fraction of sp³-hybridized carbons (Fsp3) is 0.333. The fourth-order valence-corrected chi connectivity index (χ4v) is 2.25. The first-order chi connectivity index (χ1) is 10.1. The lowest BCUT2D eigenvalue weighted by Crippen LogP contribution is -2.30. The Labute approximate surface area is 125 Å². The van der Waals surface area contributed by atoms with Gasteiger partial charge in [-0.1, -0.05) is 42.5 Å². The van der Waals surface area contributed by atoms with Crippen LogP contribution in [0.1, 0.15) is 30.6 Å². The van der Waals surface area contributed by atoms with E-state index in [1.165, 1.54) is 17.7 Å². The lowest BCUT2D eigenvalue weighted by atomic mass is 10.1. The number of hydrogen-bond donors (Lipinski definition) is 2. The number of hydrogen-bond acceptors (Lipinski definition) is 2. The quantitative estimate of drug-likeness (QED) is 0.817. The van der Waals surface area contributed by atoms with Crippen LogP contribution in [0, 0.1) is 5.82 Å². The van der Waals surface area contributed by atoms with Crippen LogP contribution < -0.4 is 5.32 Å². The fourth-order valence-electron chi connectivity index (χ4n) is 2.25. The Morgan fingerprint density at radius 3 is 2.38 bits per heavy atom.